The third kappa shape index (κ3) is 0.891. The Bertz CT molecular complexity index is 231. The van der Waals surface area contributed by atoms with E-state index >= 15 is 0 Å². The summed E-state index contributed by atoms with van der Waals surface area (Å²) in [6.45, 7) is 2.64. The van der Waals surface area contributed by atoms with E-state index in [1.807, 2.05) is 6.92 Å². The number of tetrazole rings is 1. The first kappa shape index (κ1) is 5.76. The lowest BCUT2D eigenvalue weighted by Crippen LogP contribution is -1.99. The van der Waals surface area contributed by atoms with Crippen LogP contribution in [0.4, 0.5) is 0 Å². The van der Waals surface area contributed by atoms with Crippen LogP contribution in [0.15, 0.2) is 0 Å². The quantitative estimate of drug-likeness (QED) is 0.479. The minimum absolute atomic E-state index is 0.484. The van der Waals surface area contributed by atoms with Crippen LogP contribution in [0.5, 0.6) is 0 Å². The van der Waals surface area contributed by atoms with Crippen molar-refractivity contribution in [2.75, 3.05) is 0 Å². The van der Waals surface area contributed by atoms with E-state index in [0.29, 0.717) is 12.4 Å². The molecule has 0 aliphatic rings. The van der Waals surface area contributed by atoms with Gasteiger partial charge in [0.1, 0.15) is 0 Å². The fourth-order valence-electron chi connectivity index (χ4n) is 0.521. The minimum atomic E-state index is 0.484. The van der Waals surface area contributed by atoms with E-state index in [4.69, 9.17) is 6.42 Å². The van der Waals surface area contributed by atoms with Crippen molar-refractivity contribution < 1.29 is 0 Å². The van der Waals surface area contributed by atoms with Crippen LogP contribution in [-0.2, 0) is 6.54 Å². The maximum absolute atomic E-state index is 5.06. The molecule has 46 valence electrons. The third-order valence-corrected chi connectivity index (χ3v) is 0.961. The van der Waals surface area contributed by atoms with Crippen molar-refractivity contribution in [1.29, 1.82) is 0 Å². The molecule has 1 aromatic rings. The highest BCUT2D eigenvalue weighted by molar-refractivity contribution is 5.12. The fourth-order valence-corrected chi connectivity index (χ4v) is 0.521. The van der Waals surface area contributed by atoms with Crippen molar-refractivity contribution in [3.63, 3.8) is 0 Å². The van der Waals surface area contributed by atoms with Gasteiger partial charge in [-0.1, -0.05) is 5.10 Å². The zero-order chi connectivity index (χ0) is 6.69. The van der Waals surface area contributed by atoms with Crippen LogP contribution < -0.4 is 0 Å². The molecule has 0 unspecified atom stereocenters. The second kappa shape index (κ2) is 2.27. The van der Waals surface area contributed by atoms with E-state index in [1.54, 1.807) is 4.68 Å². The molecule has 9 heavy (non-hydrogen) atoms. The second-order valence-electron chi connectivity index (χ2n) is 1.46. The lowest BCUT2D eigenvalue weighted by molar-refractivity contribution is 0.620. The minimum Gasteiger partial charge on any atom is -0.219 e. The van der Waals surface area contributed by atoms with Crippen molar-refractivity contribution in [1.82, 2.24) is 20.2 Å². The van der Waals surface area contributed by atoms with Gasteiger partial charge >= 0.3 is 0 Å². The summed E-state index contributed by atoms with van der Waals surface area (Å²) in [5.41, 5.74) is 0. The summed E-state index contributed by atoms with van der Waals surface area (Å²) in [5.74, 6) is 2.84. The van der Waals surface area contributed by atoms with Crippen molar-refractivity contribution in [2.24, 2.45) is 0 Å². The first-order chi connectivity index (χ1) is 4.38. The number of hydrogen-bond donors (Lipinski definition) is 0. The summed E-state index contributed by atoms with van der Waals surface area (Å²) in [6, 6.07) is 0. The zero-order valence-corrected chi connectivity index (χ0v) is 5.07. The average molecular weight is 122 g/mol. The Labute approximate surface area is 52.9 Å². The molecule has 0 saturated carbocycles. The lowest BCUT2D eigenvalue weighted by Gasteiger charge is -1.89. The van der Waals surface area contributed by atoms with Gasteiger partial charge in [-0.15, -0.1) is 6.42 Å². The smallest absolute Gasteiger partial charge is 0.219 e. The van der Waals surface area contributed by atoms with Crippen molar-refractivity contribution >= 4 is 0 Å². The van der Waals surface area contributed by atoms with Crippen LogP contribution >= 0.6 is 0 Å². The number of rotatable bonds is 1. The predicted octanol–water partition coefficient (Wildman–Crippen LogP) is -0.326. The Morgan fingerprint density at radius 1 is 1.78 bits per heavy atom. The van der Waals surface area contributed by atoms with Crippen LogP contribution in [0.3, 0.4) is 0 Å². The molecular weight excluding hydrogens is 116 g/mol. The van der Waals surface area contributed by atoms with E-state index in [9.17, 15) is 0 Å². The van der Waals surface area contributed by atoms with Gasteiger partial charge in [0, 0.05) is 6.54 Å². The van der Waals surface area contributed by atoms with Crippen molar-refractivity contribution in [3.8, 4) is 12.3 Å². The van der Waals surface area contributed by atoms with E-state index in [2.05, 4.69) is 21.4 Å². The Morgan fingerprint density at radius 2 is 2.56 bits per heavy atom. The topological polar surface area (TPSA) is 43.6 Å². The summed E-state index contributed by atoms with van der Waals surface area (Å²) in [7, 11) is 0. The summed E-state index contributed by atoms with van der Waals surface area (Å²) < 4.78 is 1.56. The highest BCUT2D eigenvalue weighted by atomic mass is 15.5. The molecule has 4 heteroatoms. The highest BCUT2D eigenvalue weighted by Crippen LogP contribution is 1.85. The number of terminal acetylenes is 1. The number of nitrogens with zero attached hydrogens (tertiary/aromatic N) is 4. The normalized spacial score (nSPS) is 8.89. The zero-order valence-electron chi connectivity index (χ0n) is 5.07. The molecule has 0 aromatic carbocycles. The van der Waals surface area contributed by atoms with Gasteiger partial charge in [-0.2, -0.15) is 0 Å². The lowest BCUT2D eigenvalue weighted by atomic mass is 10.6. The van der Waals surface area contributed by atoms with Gasteiger partial charge in [-0.05, 0) is 23.3 Å². The van der Waals surface area contributed by atoms with E-state index in [1.165, 1.54) is 0 Å². The highest BCUT2D eigenvalue weighted by Gasteiger charge is 1.96. The molecule has 0 amide bonds. The van der Waals surface area contributed by atoms with Crippen LogP contribution in [0.1, 0.15) is 12.7 Å². The van der Waals surface area contributed by atoms with Gasteiger partial charge in [0.15, 0.2) is 0 Å². The van der Waals surface area contributed by atoms with Gasteiger partial charge in [-0.25, -0.2) is 4.68 Å². The Balaban J connectivity index is 3.02. The average Bonchev–Trinajstić information content (AvgIpc) is 2.33. The van der Waals surface area contributed by atoms with Crippen LogP contribution in [0.25, 0.3) is 0 Å². The second-order valence-corrected chi connectivity index (χ2v) is 1.46. The molecule has 4 nitrogen and oxygen atoms in total. The van der Waals surface area contributed by atoms with Gasteiger partial charge in [0.2, 0.25) is 5.82 Å². The fraction of sp³-hybridized carbons (Fsp3) is 0.400. The Hall–Kier alpha value is -1.37. The molecule has 0 aliphatic carbocycles. The molecule has 0 spiro atoms. The molecule has 0 saturated heterocycles. The standard InChI is InChI=1S/C5H6N4/c1-3-5-6-7-8-9(5)4-2/h1H,4H2,2H3. The third-order valence-electron chi connectivity index (χ3n) is 0.961. The van der Waals surface area contributed by atoms with Gasteiger partial charge < -0.3 is 0 Å². The maximum atomic E-state index is 5.06. The molecule has 1 heterocycles. The summed E-state index contributed by atoms with van der Waals surface area (Å²) in [4.78, 5) is 0. The molecule has 0 N–H and O–H groups in total. The Kier molecular flexibility index (Phi) is 1.45. The molecule has 0 fully saturated rings. The molecule has 0 aliphatic heterocycles. The van der Waals surface area contributed by atoms with E-state index < -0.39 is 0 Å². The summed E-state index contributed by atoms with van der Waals surface area (Å²) >= 11 is 0. The molecule has 1 aromatic heterocycles. The number of aromatic nitrogens is 4. The summed E-state index contributed by atoms with van der Waals surface area (Å²) in [5, 5.41) is 10.6. The molecule has 0 radical (unpaired) electrons. The molecule has 0 bridgehead atoms. The predicted molar refractivity (Wildman–Crippen MR) is 31.4 cm³/mol. The SMILES string of the molecule is C#Cc1nnnn1CC. The van der Waals surface area contributed by atoms with Gasteiger partial charge in [-0.3, -0.25) is 0 Å². The number of aryl methyl sites for hydroxylation is 1. The molecule has 0 atom stereocenters. The van der Waals surface area contributed by atoms with Gasteiger partial charge in [0.05, 0.1) is 0 Å². The molecule has 1 rings (SSSR count). The van der Waals surface area contributed by atoms with Crippen LogP contribution in [0.2, 0.25) is 0 Å². The monoisotopic (exact) mass is 122 g/mol. The van der Waals surface area contributed by atoms with Crippen molar-refractivity contribution in [2.45, 2.75) is 13.5 Å². The van der Waals surface area contributed by atoms with Crippen molar-refractivity contribution in [3.05, 3.63) is 5.82 Å². The first-order valence-electron chi connectivity index (χ1n) is 2.61. The first-order valence-corrected chi connectivity index (χ1v) is 2.61. The molecular formula is C5H6N4. The number of hydrogen-bond acceptors (Lipinski definition) is 3. The Morgan fingerprint density at radius 3 is 3.00 bits per heavy atom. The van der Waals surface area contributed by atoms with E-state index in [-0.39, 0.29) is 0 Å². The summed E-state index contributed by atoms with van der Waals surface area (Å²) in [6.07, 6.45) is 5.06. The maximum Gasteiger partial charge on any atom is 0.225 e. The van der Waals surface area contributed by atoms with Crippen LogP contribution in [-0.4, -0.2) is 20.2 Å². The van der Waals surface area contributed by atoms with Crippen LogP contribution in [0, 0.1) is 12.3 Å². The van der Waals surface area contributed by atoms with Gasteiger partial charge in [0.25, 0.3) is 0 Å². The van der Waals surface area contributed by atoms with E-state index in [0.717, 1.165) is 0 Å². The largest absolute Gasteiger partial charge is 0.225 e.